The number of rotatable bonds is 1. The van der Waals surface area contributed by atoms with E-state index in [4.69, 9.17) is 5.73 Å². The molecule has 0 aliphatic carbocycles. The third-order valence-electron chi connectivity index (χ3n) is 1.11. The smallest absolute Gasteiger partial charge is 0.303 e. The van der Waals surface area contributed by atoms with Gasteiger partial charge in [0.05, 0.1) is 11.1 Å². The fraction of sp³-hybridized carbons (Fsp3) is 0. The van der Waals surface area contributed by atoms with Gasteiger partial charge in [-0.3, -0.25) is 10.1 Å². The molecule has 0 saturated carbocycles. The zero-order chi connectivity index (χ0) is 8.43. The van der Waals surface area contributed by atoms with Crippen molar-refractivity contribution < 1.29 is 4.92 Å². The number of aromatic nitrogens is 1. The lowest BCUT2D eigenvalue weighted by Crippen LogP contribution is -1.93. The van der Waals surface area contributed by atoms with Crippen molar-refractivity contribution in [1.29, 1.82) is 0 Å². The van der Waals surface area contributed by atoms with E-state index in [1.165, 1.54) is 12.3 Å². The molecular formula is C5H5N3O2S. The SMILES string of the molecule is Nc1cc(=S)c([N+](=O)[O-])c[nH]1. The van der Waals surface area contributed by atoms with Crippen molar-refractivity contribution in [2.24, 2.45) is 0 Å². The molecule has 5 nitrogen and oxygen atoms in total. The van der Waals surface area contributed by atoms with Crippen molar-refractivity contribution in [3.63, 3.8) is 0 Å². The summed E-state index contributed by atoms with van der Waals surface area (Å²) in [5, 5.41) is 10.2. The number of H-pyrrole nitrogens is 1. The summed E-state index contributed by atoms with van der Waals surface area (Å²) in [7, 11) is 0. The van der Waals surface area contributed by atoms with Gasteiger partial charge in [-0.15, -0.1) is 0 Å². The second-order valence-electron chi connectivity index (χ2n) is 1.89. The molecule has 1 rings (SSSR count). The van der Waals surface area contributed by atoms with Crippen LogP contribution in [0, 0.1) is 14.6 Å². The van der Waals surface area contributed by atoms with E-state index in [-0.39, 0.29) is 10.2 Å². The van der Waals surface area contributed by atoms with E-state index in [1.807, 2.05) is 0 Å². The summed E-state index contributed by atoms with van der Waals surface area (Å²) in [6.45, 7) is 0. The topological polar surface area (TPSA) is 84.9 Å². The van der Waals surface area contributed by atoms with Gasteiger partial charge in [0.2, 0.25) is 0 Å². The first-order chi connectivity index (χ1) is 5.11. The Morgan fingerprint density at radius 2 is 2.36 bits per heavy atom. The molecule has 58 valence electrons. The van der Waals surface area contributed by atoms with Crippen LogP contribution in [0.15, 0.2) is 12.3 Å². The van der Waals surface area contributed by atoms with Crippen LogP contribution < -0.4 is 5.73 Å². The van der Waals surface area contributed by atoms with Gasteiger partial charge in [0.25, 0.3) is 0 Å². The average molecular weight is 171 g/mol. The summed E-state index contributed by atoms with van der Waals surface area (Å²) in [5.41, 5.74) is 5.15. The van der Waals surface area contributed by atoms with Crippen molar-refractivity contribution in [1.82, 2.24) is 4.98 Å². The minimum Gasteiger partial charge on any atom is -0.385 e. The first-order valence-corrected chi connectivity index (χ1v) is 3.14. The van der Waals surface area contributed by atoms with Crippen LogP contribution in [0.5, 0.6) is 0 Å². The van der Waals surface area contributed by atoms with Gasteiger partial charge in [-0.25, -0.2) is 0 Å². The van der Waals surface area contributed by atoms with Crippen molar-refractivity contribution >= 4 is 23.7 Å². The summed E-state index contributed by atoms with van der Waals surface area (Å²) in [4.78, 5) is 12.1. The molecule has 11 heavy (non-hydrogen) atoms. The second kappa shape index (κ2) is 2.67. The molecular weight excluding hydrogens is 166 g/mol. The highest BCUT2D eigenvalue weighted by Gasteiger charge is 2.06. The largest absolute Gasteiger partial charge is 0.385 e. The monoisotopic (exact) mass is 171 g/mol. The molecule has 3 N–H and O–H groups in total. The minimum absolute atomic E-state index is 0.130. The third kappa shape index (κ3) is 1.53. The van der Waals surface area contributed by atoms with Gasteiger partial charge in [0, 0.05) is 6.07 Å². The average Bonchev–Trinajstić information content (AvgIpc) is 1.85. The Balaban J connectivity index is 3.32. The van der Waals surface area contributed by atoms with Gasteiger partial charge >= 0.3 is 5.69 Å². The van der Waals surface area contributed by atoms with E-state index in [2.05, 4.69) is 17.2 Å². The quantitative estimate of drug-likeness (QED) is 0.378. The van der Waals surface area contributed by atoms with E-state index in [0.29, 0.717) is 5.82 Å². The lowest BCUT2D eigenvalue weighted by Gasteiger charge is -1.92. The maximum absolute atomic E-state index is 10.2. The number of hydrogen-bond donors (Lipinski definition) is 2. The Bertz CT molecular complexity index is 346. The fourth-order valence-corrected chi connectivity index (χ4v) is 0.883. The molecule has 0 spiro atoms. The van der Waals surface area contributed by atoms with Crippen LogP contribution in [0.25, 0.3) is 0 Å². The zero-order valence-electron chi connectivity index (χ0n) is 5.40. The predicted molar refractivity (Wildman–Crippen MR) is 42.7 cm³/mol. The molecule has 0 bridgehead atoms. The van der Waals surface area contributed by atoms with Gasteiger partial charge in [-0.1, -0.05) is 12.2 Å². The zero-order valence-corrected chi connectivity index (χ0v) is 6.22. The van der Waals surface area contributed by atoms with Gasteiger partial charge in [0.1, 0.15) is 10.3 Å². The van der Waals surface area contributed by atoms with Gasteiger partial charge in [-0.05, 0) is 0 Å². The highest BCUT2D eigenvalue weighted by molar-refractivity contribution is 7.71. The molecule has 0 saturated heterocycles. The number of nitrogens with zero attached hydrogens (tertiary/aromatic N) is 1. The van der Waals surface area contributed by atoms with E-state index >= 15 is 0 Å². The van der Waals surface area contributed by atoms with E-state index in [1.54, 1.807) is 0 Å². The van der Waals surface area contributed by atoms with Crippen molar-refractivity contribution in [2.45, 2.75) is 0 Å². The van der Waals surface area contributed by atoms with Crippen LogP contribution in [0.1, 0.15) is 0 Å². The first kappa shape index (κ1) is 7.67. The molecule has 0 aliphatic heterocycles. The summed E-state index contributed by atoms with van der Waals surface area (Å²) in [6, 6.07) is 1.34. The van der Waals surface area contributed by atoms with Crippen LogP contribution in [0.2, 0.25) is 0 Å². The predicted octanol–water partition coefficient (Wildman–Crippen LogP) is 1.23. The Morgan fingerprint density at radius 1 is 1.73 bits per heavy atom. The molecule has 1 heterocycles. The highest BCUT2D eigenvalue weighted by atomic mass is 32.1. The highest BCUT2D eigenvalue weighted by Crippen LogP contribution is 2.12. The normalized spacial score (nSPS) is 9.45. The van der Waals surface area contributed by atoms with E-state index in [9.17, 15) is 10.1 Å². The lowest BCUT2D eigenvalue weighted by atomic mass is 10.4. The lowest BCUT2D eigenvalue weighted by molar-refractivity contribution is -0.385. The maximum Gasteiger partial charge on any atom is 0.303 e. The van der Waals surface area contributed by atoms with Crippen LogP contribution in [0.3, 0.4) is 0 Å². The van der Waals surface area contributed by atoms with Crippen molar-refractivity contribution in [3.05, 3.63) is 26.9 Å². The minimum atomic E-state index is -0.557. The molecule has 0 atom stereocenters. The van der Waals surface area contributed by atoms with Crippen LogP contribution in [0.4, 0.5) is 11.5 Å². The number of hydrogen-bond acceptors (Lipinski definition) is 4. The molecule has 1 aromatic rings. The molecule has 0 fully saturated rings. The molecule has 1 aromatic heterocycles. The summed E-state index contributed by atoms with van der Waals surface area (Å²) < 4.78 is 0.145. The molecule has 0 radical (unpaired) electrons. The third-order valence-corrected chi connectivity index (χ3v) is 1.44. The van der Waals surface area contributed by atoms with Crippen molar-refractivity contribution in [3.8, 4) is 0 Å². The Hall–Kier alpha value is -1.43. The number of aromatic amines is 1. The fourth-order valence-electron chi connectivity index (χ4n) is 0.622. The number of anilines is 1. The molecule has 6 heteroatoms. The summed E-state index contributed by atoms with van der Waals surface area (Å²) in [5.74, 6) is 0.320. The number of pyridine rings is 1. The molecule has 0 aromatic carbocycles. The Morgan fingerprint density at radius 3 is 2.82 bits per heavy atom. The van der Waals surface area contributed by atoms with Gasteiger partial charge in [-0.2, -0.15) is 0 Å². The van der Waals surface area contributed by atoms with E-state index < -0.39 is 4.92 Å². The molecule has 0 amide bonds. The molecule has 0 aliphatic rings. The first-order valence-electron chi connectivity index (χ1n) is 2.74. The maximum atomic E-state index is 10.2. The Labute approximate surface area is 67.0 Å². The van der Waals surface area contributed by atoms with Gasteiger partial charge < -0.3 is 10.7 Å². The summed E-state index contributed by atoms with van der Waals surface area (Å²) in [6.07, 6.45) is 1.18. The number of nitrogens with one attached hydrogen (secondary N) is 1. The van der Waals surface area contributed by atoms with Crippen LogP contribution >= 0.6 is 12.2 Å². The van der Waals surface area contributed by atoms with E-state index in [0.717, 1.165) is 0 Å². The van der Waals surface area contributed by atoms with Gasteiger partial charge in [0.15, 0.2) is 0 Å². The van der Waals surface area contributed by atoms with Crippen LogP contribution in [-0.4, -0.2) is 9.91 Å². The number of nitrogens with two attached hydrogens (primary N) is 1. The van der Waals surface area contributed by atoms with Crippen LogP contribution in [-0.2, 0) is 0 Å². The standard InChI is InChI=1S/C5H5N3O2S/c6-5-1-4(11)3(2-7-5)8(9)10/h1-2H,(H3,6,7,11). The Kier molecular flexibility index (Phi) is 1.86. The second-order valence-corrected chi connectivity index (χ2v) is 2.33. The van der Waals surface area contributed by atoms with Crippen molar-refractivity contribution in [2.75, 3.05) is 5.73 Å². The molecule has 0 unspecified atom stereocenters. The summed E-state index contributed by atoms with van der Waals surface area (Å²) >= 11 is 4.67. The number of nitrogen functional groups attached to an aromatic ring is 1. The number of nitro groups is 1.